The van der Waals surface area contributed by atoms with Gasteiger partial charge in [-0.1, -0.05) is 54.6 Å². The Morgan fingerprint density at radius 1 is 1.18 bits per heavy atom. The average Bonchev–Trinajstić information content (AvgIpc) is 3.33. The van der Waals surface area contributed by atoms with Gasteiger partial charge in [0.15, 0.2) is 10.8 Å². The van der Waals surface area contributed by atoms with Gasteiger partial charge in [0.25, 0.3) is 0 Å². The molecule has 0 atom stereocenters. The van der Waals surface area contributed by atoms with Crippen LogP contribution in [-0.2, 0) is 16.1 Å². The minimum atomic E-state index is -0.436. The van der Waals surface area contributed by atoms with Gasteiger partial charge in [0.05, 0.1) is 23.6 Å². The van der Waals surface area contributed by atoms with Gasteiger partial charge in [0.1, 0.15) is 10.4 Å². The average molecular weight is 485 g/mol. The Balaban J connectivity index is 1.48. The number of unbranched alkanes of at least 4 members (excludes halogenated alkanes) is 1. The number of rotatable bonds is 9. The molecule has 1 aromatic carbocycles. The number of fused-ring (bicyclic) bond motifs is 3. The van der Waals surface area contributed by atoms with Crippen LogP contribution in [0.1, 0.15) is 42.1 Å². The van der Waals surface area contributed by atoms with Crippen LogP contribution in [-0.4, -0.2) is 49.0 Å². The van der Waals surface area contributed by atoms with Crippen LogP contribution >= 0.6 is 23.1 Å². The lowest BCUT2D eigenvalue weighted by atomic mass is 10.2. The van der Waals surface area contributed by atoms with Crippen molar-refractivity contribution in [3.8, 4) is 0 Å². The highest BCUT2D eigenvalue weighted by Crippen LogP contribution is 2.28. The number of hydrogen-bond acceptors (Lipinski definition) is 9. The van der Waals surface area contributed by atoms with Crippen LogP contribution in [0.4, 0.5) is 5.13 Å². The Labute approximate surface area is 199 Å². The third-order valence-corrected chi connectivity index (χ3v) is 6.82. The van der Waals surface area contributed by atoms with E-state index in [4.69, 9.17) is 9.72 Å². The number of anilines is 1. The van der Waals surface area contributed by atoms with Gasteiger partial charge in [-0.05, 0) is 26.3 Å². The van der Waals surface area contributed by atoms with E-state index in [1.54, 1.807) is 13.8 Å². The number of ether oxygens (including phenoxy) is 1. The van der Waals surface area contributed by atoms with E-state index in [0.29, 0.717) is 20.9 Å². The molecule has 0 unspecified atom stereocenters. The van der Waals surface area contributed by atoms with Crippen LogP contribution in [0, 0.1) is 6.92 Å². The molecule has 9 nitrogen and oxygen atoms in total. The van der Waals surface area contributed by atoms with Crippen molar-refractivity contribution in [1.29, 1.82) is 0 Å². The number of hydrogen-bond donors (Lipinski definition) is 1. The van der Waals surface area contributed by atoms with Gasteiger partial charge in [-0.2, -0.15) is 0 Å². The van der Waals surface area contributed by atoms with Crippen LogP contribution in [0.15, 0.2) is 29.4 Å². The minimum Gasteiger partial charge on any atom is -0.462 e. The van der Waals surface area contributed by atoms with Gasteiger partial charge in [-0.15, -0.1) is 10.2 Å². The first-order valence-corrected chi connectivity index (χ1v) is 12.5. The van der Waals surface area contributed by atoms with Crippen molar-refractivity contribution in [3.63, 3.8) is 0 Å². The summed E-state index contributed by atoms with van der Waals surface area (Å²) in [6, 6.07) is 8.07. The second kappa shape index (κ2) is 10.3. The third kappa shape index (κ3) is 4.98. The number of amides is 1. The van der Waals surface area contributed by atoms with E-state index in [2.05, 4.69) is 38.1 Å². The van der Waals surface area contributed by atoms with Crippen LogP contribution in [0.2, 0.25) is 0 Å². The number of para-hydroxylation sites is 1. The fourth-order valence-electron chi connectivity index (χ4n) is 3.41. The normalized spacial score (nSPS) is 11.2. The van der Waals surface area contributed by atoms with E-state index in [1.807, 2.05) is 18.2 Å². The zero-order valence-electron chi connectivity index (χ0n) is 18.6. The molecule has 1 N–H and O–H groups in total. The Kier molecular flexibility index (Phi) is 7.19. The van der Waals surface area contributed by atoms with Crippen LogP contribution in [0.25, 0.3) is 22.1 Å². The van der Waals surface area contributed by atoms with Crippen LogP contribution < -0.4 is 5.32 Å². The number of nitrogens with one attached hydrogen (secondary N) is 1. The summed E-state index contributed by atoms with van der Waals surface area (Å²) in [6.07, 6.45) is 2.10. The van der Waals surface area contributed by atoms with Gasteiger partial charge in [-0.3, -0.25) is 4.79 Å². The topological polar surface area (TPSA) is 112 Å². The Bertz CT molecular complexity index is 1320. The fraction of sp³-hybridized carbons (Fsp3) is 0.364. The Morgan fingerprint density at radius 3 is 2.79 bits per heavy atom. The molecule has 4 rings (SSSR count). The van der Waals surface area contributed by atoms with Gasteiger partial charge >= 0.3 is 5.97 Å². The monoisotopic (exact) mass is 484 g/mol. The van der Waals surface area contributed by atoms with Crippen molar-refractivity contribution >= 4 is 62.2 Å². The SMILES string of the molecule is CCCCn1c2ccccc2c2nnc(SCC(=O)Nc3nc(C)c(C(=O)OCC)s3)nc21. The fourth-order valence-corrected chi connectivity index (χ4v) is 4.87. The number of carbonyl (C=O) groups is 2. The van der Waals surface area contributed by atoms with Crippen LogP contribution in [0.3, 0.4) is 0 Å². The summed E-state index contributed by atoms with van der Waals surface area (Å²) >= 11 is 2.30. The predicted molar refractivity (Wildman–Crippen MR) is 130 cm³/mol. The maximum absolute atomic E-state index is 12.5. The van der Waals surface area contributed by atoms with E-state index in [1.165, 1.54) is 11.8 Å². The summed E-state index contributed by atoms with van der Waals surface area (Å²) in [5.41, 5.74) is 3.15. The maximum atomic E-state index is 12.5. The molecule has 0 aliphatic rings. The number of aryl methyl sites for hydroxylation is 2. The third-order valence-electron chi connectivity index (χ3n) is 4.93. The molecule has 0 aliphatic heterocycles. The summed E-state index contributed by atoms with van der Waals surface area (Å²) in [5.74, 6) is -0.608. The molecular formula is C22H24N6O3S2. The summed E-state index contributed by atoms with van der Waals surface area (Å²) in [5, 5.41) is 13.2. The molecule has 1 amide bonds. The van der Waals surface area contributed by atoms with Crippen molar-refractivity contribution in [2.75, 3.05) is 17.7 Å². The lowest BCUT2D eigenvalue weighted by Crippen LogP contribution is -2.14. The van der Waals surface area contributed by atoms with Gasteiger partial charge in [-0.25, -0.2) is 14.8 Å². The quantitative estimate of drug-likeness (QED) is 0.274. The number of thioether (sulfide) groups is 1. The van der Waals surface area contributed by atoms with E-state index in [0.717, 1.165) is 52.8 Å². The van der Waals surface area contributed by atoms with Crippen molar-refractivity contribution in [1.82, 2.24) is 24.7 Å². The summed E-state index contributed by atoms with van der Waals surface area (Å²) in [6.45, 7) is 6.73. The second-order valence-electron chi connectivity index (χ2n) is 7.28. The first-order chi connectivity index (χ1) is 16.0. The Morgan fingerprint density at radius 2 is 2.00 bits per heavy atom. The maximum Gasteiger partial charge on any atom is 0.350 e. The summed E-state index contributed by atoms with van der Waals surface area (Å²) < 4.78 is 7.18. The molecule has 0 aliphatic carbocycles. The Hall–Kier alpha value is -3.05. The molecule has 3 aromatic heterocycles. The largest absolute Gasteiger partial charge is 0.462 e. The first kappa shape index (κ1) is 23.1. The minimum absolute atomic E-state index is 0.0930. The van der Waals surface area contributed by atoms with Gasteiger partial charge in [0, 0.05) is 11.9 Å². The molecule has 0 bridgehead atoms. The van der Waals surface area contributed by atoms with Crippen molar-refractivity contribution in [2.45, 2.75) is 45.3 Å². The zero-order chi connectivity index (χ0) is 23.4. The number of thiazole rings is 1. The number of benzene rings is 1. The van der Waals surface area contributed by atoms with Crippen molar-refractivity contribution < 1.29 is 14.3 Å². The molecule has 172 valence electrons. The molecule has 4 aromatic rings. The molecule has 11 heteroatoms. The molecule has 3 heterocycles. The van der Waals surface area contributed by atoms with E-state index in [9.17, 15) is 9.59 Å². The lowest BCUT2D eigenvalue weighted by molar-refractivity contribution is -0.113. The molecule has 33 heavy (non-hydrogen) atoms. The van der Waals surface area contributed by atoms with E-state index in [-0.39, 0.29) is 18.3 Å². The molecular weight excluding hydrogens is 460 g/mol. The second-order valence-corrected chi connectivity index (χ2v) is 9.22. The highest BCUT2D eigenvalue weighted by molar-refractivity contribution is 7.99. The summed E-state index contributed by atoms with van der Waals surface area (Å²) in [4.78, 5) is 33.7. The van der Waals surface area contributed by atoms with E-state index >= 15 is 0 Å². The summed E-state index contributed by atoms with van der Waals surface area (Å²) in [7, 11) is 0. The molecule has 0 saturated heterocycles. The first-order valence-electron chi connectivity index (χ1n) is 10.7. The van der Waals surface area contributed by atoms with E-state index < -0.39 is 5.97 Å². The number of nitrogens with zero attached hydrogens (tertiary/aromatic N) is 5. The molecule has 0 spiro atoms. The highest BCUT2D eigenvalue weighted by atomic mass is 32.2. The number of aromatic nitrogens is 5. The number of esters is 1. The smallest absolute Gasteiger partial charge is 0.350 e. The standard InChI is InChI=1S/C22H24N6O3S2/c1-4-6-11-28-15-10-8-7-9-14(15)17-19(28)25-22(27-26-17)32-12-16(29)24-21-23-13(3)18(33-21)20(30)31-5-2/h7-10H,4-6,11-12H2,1-3H3,(H,23,24,29). The molecule has 0 radical (unpaired) electrons. The zero-order valence-corrected chi connectivity index (χ0v) is 20.3. The highest BCUT2D eigenvalue weighted by Gasteiger charge is 2.18. The van der Waals surface area contributed by atoms with Gasteiger partial charge < -0.3 is 14.6 Å². The number of carbonyl (C=O) groups excluding carboxylic acids is 2. The molecule has 0 fully saturated rings. The van der Waals surface area contributed by atoms with Crippen LogP contribution in [0.5, 0.6) is 0 Å². The lowest BCUT2D eigenvalue weighted by Gasteiger charge is -2.06. The van der Waals surface area contributed by atoms with Crippen molar-refractivity contribution in [2.24, 2.45) is 0 Å². The van der Waals surface area contributed by atoms with Crippen molar-refractivity contribution in [3.05, 3.63) is 34.8 Å². The predicted octanol–water partition coefficient (Wildman–Crippen LogP) is 4.45. The molecule has 0 saturated carbocycles. The van der Waals surface area contributed by atoms with Gasteiger partial charge in [0.2, 0.25) is 11.1 Å².